The SMILES string of the molecule is CCC1CC(=O)N(c2cccc3ccccc23)C(=O)N1. The fraction of sp³-hybridized carbons (Fsp3) is 0.250. The Bertz CT molecular complexity index is 658. The molecule has 0 aliphatic carbocycles. The highest BCUT2D eigenvalue weighted by Gasteiger charge is 2.32. The molecule has 1 heterocycles. The monoisotopic (exact) mass is 268 g/mol. The highest BCUT2D eigenvalue weighted by molar-refractivity contribution is 6.19. The third kappa shape index (κ3) is 2.03. The molecule has 0 radical (unpaired) electrons. The van der Waals surface area contributed by atoms with E-state index < -0.39 is 0 Å². The van der Waals surface area contributed by atoms with Crippen LogP contribution in [-0.2, 0) is 4.79 Å². The Hall–Kier alpha value is -2.36. The minimum absolute atomic E-state index is 0.0544. The van der Waals surface area contributed by atoms with E-state index in [4.69, 9.17) is 0 Å². The van der Waals surface area contributed by atoms with Crippen LogP contribution in [0.1, 0.15) is 19.8 Å². The van der Waals surface area contributed by atoms with E-state index in [1.165, 1.54) is 4.90 Å². The van der Waals surface area contributed by atoms with Gasteiger partial charge in [0.05, 0.1) is 5.69 Å². The first-order chi connectivity index (χ1) is 9.70. The van der Waals surface area contributed by atoms with Crippen molar-refractivity contribution >= 4 is 28.4 Å². The van der Waals surface area contributed by atoms with Gasteiger partial charge in [0.15, 0.2) is 0 Å². The Balaban J connectivity index is 2.07. The maximum atomic E-state index is 12.3. The smallest absolute Gasteiger partial charge is 0.328 e. The molecule has 1 aliphatic heterocycles. The average molecular weight is 268 g/mol. The van der Waals surface area contributed by atoms with Crippen LogP contribution < -0.4 is 10.2 Å². The highest BCUT2D eigenvalue weighted by Crippen LogP contribution is 2.29. The molecule has 0 bridgehead atoms. The Morgan fingerprint density at radius 3 is 2.65 bits per heavy atom. The molecule has 1 fully saturated rings. The first-order valence-electron chi connectivity index (χ1n) is 6.82. The molecule has 1 atom stereocenters. The lowest BCUT2D eigenvalue weighted by Gasteiger charge is -2.31. The lowest BCUT2D eigenvalue weighted by Crippen LogP contribution is -2.54. The molecule has 1 aliphatic rings. The molecule has 1 saturated heterocycles. The van der Waals surface area contributed by atoms with E-state index >= 15 is 0 Å². The number of hydrogen-bond donors (Lipinski definition) is 1. The van der Waals surface area contributed by atoms with E-state index in [0.717, 1.165) is 17.2 Å². The maximum Gasteiger partial charge on any atom is 0.328 e. The second-order valence-electron chi connectivity index (χ2n) is 4.99. The number of fused-ring (bicyclic) bond motifs is 1. The largest absolute Gasteiger partial charge is 0.334 e. The maximum absolute atomic E-state index is 12.3. The third-order valence-corrected chi connectivity index (χ3v) is 3.70. The summed E-state index contributed by atoms with van der Waals surface area (Å²) in [6.45, 7) is 1.96. The first-order valence-corrected chi connectivity index (χ1v) is 6.82. The van der Waals surface area contributed by atoms with Crippen molar-refractivity contribution in [3.8, 4) is 0 Å². The van der Waals surface area contributed by atoms with Gasteiger partial charge in [-0.2, -0.15) is 0 Å². The summed E-state index contributed by atoms with van der Waals surface area (Å²) in [5.41, 5.74) is 0.653. The standard InChI is InChI=1S/C16H16N2O2/c1-2-12-10-15(19)18(16(20)17-12)14-9-5-7-11-6-3-4-8-13(11)14/h3-9,12H,2,10H2,1H3,(H,17,20). The van der Waals surface area contributed by atoms with Gasteiger partial charge in [0.1, 0.15) is 0 Å². The van der Waals surface area contributed by atoms with Gasteiger partial charge in [-0.1, -0.05) is 43.3 Å². The van der Waals surface area contributed by atoms with Crippen LogP contribution in [0.5, 0.6) is 0 Å². The van der Waals surface area contributed by atoms with Crippen molar-refractivity contribution in [1.82, 2.24) is 5.32 Å². The summed E-state index contributed by atoms with van der Waals surface area (Å²) < 4.78 is 0. The highest BCUT2D eigenvalue weighted by atomic mass is 16.2. The van der Waals surface area contributed by atoms with Crippen molar-refractivity contribution < 1.29 is 9.59 Å². The molecule has 0 aromatic heterocycles. The van der Waals surface area contributed by atoms with E-state index in [0.29, 0.717) is 12.1 Å². The van der Waals surface area contributed by atoms with Crippen molar-refractivity contribution in [3.63, 3.8) is 0 Å². The van der Waals surface area contributed by atoms with Crippen molar-refractivity contribution in [3.05, 3.63) is 42.5 Å². The number of rotatable bonds is 2. The van der Waals surface area contributed by atoms with Gasteiger partial charge in [-0.3, -0.25) is 4.79 Å². The minimum atomic E-state index is -0.329. The van der Waals surface area contributed by atoms with Crippen LogP contribution in [0.15, 0.2) is 42.5 Å². The van der Waals surface area contributed by atoms with E-state index in [-0.39, 0.29) is 18.0 Å². The molecule has 102 valence electrons. The van der Waals surface area contributed by atoms with Gasteiger partial charge in [-0.25, -0.2) is 9.69 Å². The Morgan fingerprint density at radius 2 is 1.90 bits per heavy atom. The molecule has 1 unspecified atom stereocenters. The predicted molar refractivity (Wildman–Crippen MR) is 78.7 cm³/mol. The summed E-state index contributed by atoms with van der Waals surface area (Å²) in [6, 6.07) is 13.0. The number of carbonyl (C=O) groups excluding carboxylic acids is 2. The normalized spacial score (nSPS) is 19.2. The molecular formula is C16H16N2O2. The first kappa shape index (κ1) is 12.7. The molecule has 4 nitrogen and oxygen atoms in total. The van der Waals surface area contributed by atoms with E-state index in [2.05, 4.69) is 5.32 Å². The third-order valence-electron chi connectivity index (χ3n) is 3.70. The van der Waals surface area contributed by atoms with E-state index in [1.807, 2.05) is 49.4 Å². The van der Waals surface area contributed by atoms with Crippen LogP contribution in [0.4, 0.5) is 10.5 Å². The van der Waals surface area contributed by atoms with Gasteiger partial charge in [0, 0.05) is 17.8 Å². The van der Waals surface area contributed by atoms with Crippen LogP contribution in [0.25, 0.3) is 10.8 Å². The van der Waals surface area contributed by atoms with Gasteiger partial charge in [0.2, 0.25) is 5.91 Å². The molecule has 3 amide bonds. The summed E-state index contributed by atoms with van der Waals surface area (Å²) in [5.74, 6) is -0.142. The number of nitrogens with one attached hydrogen (secondary N) is 1. The Kier molecular flexibility index (Phi) is 3.14. The topological polar surface area (TPSA) is 49.4 Å². The molecule has 2 aromatic rings. The van der Waals surface area contributed by atoms with Crippen LogP contribution in [0.3, 0.4) is 0 Å². The Morgan fingerprint density at radius 1 is 1.15 bits per heavy atom. The zero-order valence-electron chi connectivity index (χ0n) is 11.3. The van der Waals surface area contributed by atoms with Gasteiger partial charge >= 0.3 is 6.03 Å². The van der Waals surface area contributed by atoms with Crippen LogP contribution in [0.2, 0.25) is 0 Å². The van der Waals surface area contributed by atoms with E-state index in [9.17, 15) is 9.59 Å². The van der Waals surface area contributed by atoms with Gasteiger partial charge in [0.25, 0.3) is 0 Å². The van der Waals surface area contributed by atoms with Crippen molar-refractivity contribution in [1.29, 1.82) is 0 Å². The average Bonchev–Trinajstić information content (AvgIpc) is 2.46. The number of hydrogen-bond acceptors (Lipinski definition) is 2. The van der Waals surface area contributed by atoms with Gasteiger partial charge < -0.3 is 5.32 Å². The number of urea groups is 1. The van der Waals surface area contributed by atoms with Crippen LogP contribution in [0, 0.1) is 0 Å². The van der Waals surface area contributed by atoms with Crippen LogP contribution >= 0.6 is 0 Å². The van der Waals surface area contributed by atoms with Crippen molar-refractivity contribution in [2.75, 3.05) is 4.90 Å². The number of imide groups is 1. The number of amides is 3. The second kappa shape index (κ2) is 4.96. The summed E-state index contributed by atoms with van der Waals surface area (Å²) in [4.78, 5) is 25.8. The zero-order chi connectivity index (χ0) is 14.1. The molecule has 20 heavy (non-hydrogen) atoms. The molecule has 0 saturated carbocycles. The molecule has 1 N–H and O–H groups in total. The minimum Gasteiger partial charge on any atom is -0.334 e. The number of carbonyl (C=O) groups is 2. The summed E-state index contributed by atoms with van der Waals surface area (Å²) in [5, 5.41) is 4.80. The van der Waals surface area contributed by atoms with Crippen LogP contribution in [-0.4, -0.2) is 18.0 Å². The van der Waals surface area contributed by atoms with Gasteiger partial charge in [-0.05, 0) is 17.9 Å². The van der Waals surface area contributed by atoms with E-state index in [1.54, 1.807) is 0 Å². The molecule has 4 heteroatoms. The number of anilines is 1. The molecular weight excluding hydrogens is 252 g/mol. The van der Waals surface area contributed by atoms with Crippen molar-refractivity contribution in [2.24, 2.45) is 0 Å². The van der Waals surface area contributed by atoms with Gasteiger partial charge in [-0.15, -0.1) is 0 Å². The summed E-state index contributed by atoms with van der Waals surface area (Å²) in [7, 11) is 0. The lowest BCUT2D eigenvalue weighted by atomic mass is 10.0. The number of benzene rings is 2. The zero-order valence-corrected chi connectivity index (χ0v) is 11.3. The number of nitrogens with zero attached hydrogens (tertiary/aromatic N) is 1. The lowest BCUT2D eigenvalue weighted by molar-refractivity contribution is -0.119. The summed E-state index contributed by atoms with van der Waals surface area (Å²) in [6.07, 6.45) is 1.12. The Labute approximate surface area is 117 Å². The molecule has 3 rings (SSSR count). The molecule has 0 spiro atoms. The fourth-order valence-corrected chi connectivity index (χ4v) is 2.60. The molecule has 2 aromatic carbocycles. The van der Waals surface area contributed by atoms with Crippen molar-refractivity contribution in [2.45, 2.75) is 25.8 Å². The fourth-order valence-electron chi connectivity index (χ4n) is 2.60. The quantitative estimate of drug-likeness (QED) is 0.910. The second-order valence-corrected chi connectivity index (χ2v) is 4.99. The summed E-state index contributed by atoms with van der Waals surface area (Å²) >= 11 is 0. The predicted octanol–water partition coefficient (Wildman–Crippen LogP) is 3.06.